The molecule has 1 N–H and O–H groups in total. The summed E-state index contributed by atoms with van der Waals surface area (Å²) in [7, 11) is 0. The highest BCUT2D eigenvalue weighted by Gasteiger charge is 2.36. The van der Waals surface area contributed by atoms with Crippen LogP contribution in [-0.2, 0) is 12.2 Å². The van der Waals surface area contributed by atoms with Gasteiger partial charge in [-0.3, -0.25) is 4.68 Å². The van der Waals surface area contributed by atoms with Gasteiger partial charge in [0.1, 0.15) is 0 Å². The van der Waals surface area contributed by atoms with Crippen molar-refractivity contribution in [2.45, 2.75) is 32.0 Å². The van der Waals surface area contributed by atoms with Gasteiger partial charge in [-0.05, 0) is 32.4 Å². The largest absolute Gasteiger partial charge is 0.313 e. The Morgan fingerprint density at radius 1 is 1.71 bits per heavy atom. The predicted octanol–water partition coefficient (Wildman–Crippen LogP) is 1.45. The van der Waals surface area contributed by atoms with E-state index in [2.05, 4.69) is 10.4 Å². The van der Waals surface area contributed by atoms with Gasteiger partial charge in [0.2, 0.25) is 0 Å². The zero-order valence-corrected chi connectivity index (χ0v) is 8.46. The lowest BCUT2D eigenvalue weighted by Gasteiger charge is -2.30. The van der Waals surface area contributed by atoms with Crippen LogP contribution in [0, 0.1) is 0 Å². The molecule has 1 saturated heterocycles. The van der Waals surface area contributed by atoms with E-state index in [0.717, 1.165) is 19.5 Å². The Morgan fingerprint density at radius 2 is 2.57 bits per heavy atom. The molecule has 1 atom stereocenters. The lowest BCUT2D eigenvalue weighted by atomic mass is 9.92. The van der Waals surface area contributed by atoms with Gasteiger partial charge in [0.05, 0.1) is 5.69 Å². The normalized spacial score (nSPS) is 27.9. The van der Waals surface area contributed by atoms with E-state index in [9.17, 15) is 4.39 Å². The van der Waals surface area contributed by atoms with Crippen molar-refractivity contribution in [3.05, 3.63) is 18.0 Å². The highest BCUT2D eigenvalue weighted by atomic mass is 19.1. The van der Waals surface area contributed by atoms with Crippen LogP contribution in [0.15, 0.2) is 12.3 Å². The number of piperidine rings is 1. The fourth-order valence-corrected chi connectivity index (χ4v) is 2.05. The Balaban J connectivity index is 2.27. The number of nitrogens with zero attached hydrogens (tertiary/aromatic N) is 2. The van der Waals surface area contributed by atoms with Crippen molar-refractivity contribution in [2.24, 2.45) is 0 Å². The second kappa shape index (κ2) is 3.69. The number of aromatic nitrogens is 2. The van der Waals surface area contributed by atoms with Crippen LogP contribution >= 0.6 is 0 Å². The molecule has 1 aliphatic heterocycles. The first kappa shape index (κ1) is 9.65. The molecule has 0 aromatic carbocycles. The van der Waals surface area contributed by atoms with Crippen LogP contribution in [0.25, 0.3) is 0 Å². The Morgan fingerprint density at radius 3 is 3.21 bits per heavy atom. The van der Waals surface area contributed by atoms with Crippen LogP contribution < -0.4 is 5.32 Å². The SMILES string of the molecule is CCn1nccc1C1(F)CCCNC1. The third kappa shape index (κ3) is 1.54. The number of nitrogens with one attached hydrogen (secondary N) is 1. The van der Waals surface area contributed by atoms with Gasteiger partial charge < -0.3 is 5.32 Å². The number of aryl methyl sites for hydroxylation is 1. The van der Waals surface area contributed by atoms with Crippen LogP contribution in [0.4, 0.5) is 4.39 Å². The quantitative estimate of drug-likeness (QED) is 0.777. The van der Waals surface area contributed by atoms with Gasteiger partial charge >= 0.3 is 0 Å². The van der Waals surface area contributed by atoms with Crippen LogP contribution in [0.3, 0.4) is 0 Å². The molecule has 2 heterocycles. The maximum absolute atomic E-state index is 14.5. The minimum atomic E-state index is -1.22. The minimum Gasteiger partial charge on any atom is -0.313 e. The van der Waals surface area contributed by atoms with Crippen molar-refractivity contribution in [3.8, 4) is 0 Å². The minimum absolute atomic E-state index is 0.415. The van der Waals surface area contributed by atoms with E-state index in [1.807, 2.05) is 6.92 Å². The number of alkyl halides is 1. The summed E-state index contributed by atoms with van der Waals surface area (Å²) in [5.74, 6) is 0. The zero-order valence-electron chi connectivity index (χ0n) is 8.46. The van der Waals surface area contributed by atoms with Crippen LogP contribution in [0.5, 0.6) is 0 Å². The smallest absolute Gasteiger partial charge is 0.164 e. The summed E-state index contributed by atoms with van der Waals surface area (Å²) in [5, 5.41) is 7.20. The van der Waals surface area contributed by atoms with Crippen LogP contribution in [-0.4, -0.2) is 22.9 Å². The molecule has 0 amide bonds. The lowest BCUT2D eigenvalue weighted by Crippen LogP contribution is -2.41. The summed E-state index contributed by atoms with van der Waals surface area (Å²) in [6.45, 7) is 4.05. The van der Waals surface area contributed by atoms with E-state index >= 15 is 0 Å². The van der Waals surface area contributed by atoms with E-state index in [1.54, 1.807) is 16.9 Å². The standard InChI is InChI=1S/C10H16FN3/c1-2-14-9(4-7-13-14)10(11)5-3-6-12-8-10/h4,7,12H,2-3,5-6,8H2,1H3. The van der Waals surface area contributed by atoms with E-state index in [1.165, 1.54) is 0 Å². The van der Waals surface area contributed by atoms with Crippen molar-refractivity contribution in [1.29, 1.82) is 0 Å². The van der Waals surface area contributed by atoms with E-state index < -0.39 is 5.67 Å². The maximum Gasteiger partial charge on any atom is 0.164 e. The molecule has 1 aromatic rings. The van der Waals surface area contributed by atoms with Gasteiger partial charge in [-0.2, -0.15) is 5.10 Å². The van der Waals surface area contributed by atoms with E-state index in [0.29, 0.717) is 18.7 Å². The lowest BCUT2D eigenvalue weighted by molar-refractivity contribution is 0.110. The van der Waals surface area contributed by atoms with E-state index in [-0.39, 0.29) is 0 Å². The van der Waals surface area contributed by atoms with E-state index in [4.69, 9.17) is 0 Å². The molecule has 0 aliphatic carbocycles. The Hall–Kier alpha value is -0.900. The van der Waals surface area contributed by atoms with Gasteiger partial charge in [0, 0.05) is 19.3 Å². The fraction of sp³-hybridized carbons (Fsp3) is 0.700. The Labute approximate surface area is 83.3 Å². The van der Waals surface area contributed by atoms with Crippen LogP contribution in [0.1, 0.15) is 25.5 Å². The summed E-state index contributed by atoms with van der Waals surface area (Å²) in [6.07, 6.45) is 3.17. The van der Waals surface area contributed by atoms with Gasteiger partial charge in [-0.1, -0.05) is 0 Å². The van der Waals surface area contributed by atoms with Crippen molar-refractivity contribution in [3.63, 3.8) is 0 Å². The molecular weight excluding hydrogens is 181 g/mol. The van der Waals surface area contributed by atoms with Crippen molar-refractivity contribution >= 4 is 0 Å². The summed E-state index contributed by atoms with van der Waals surface area (Å²) >= 11 is 0. The fourth-order valence-electron chi connectivity index (χ4n) is 2.05. The molecule has 0 spiro atoms. The Bertz CT molecular complexity index is 302. The first-order valence-corrected chi connectivity index (χ1v) is 5.18. The monoisotopic (exact) mass is 197 g/mol. The van der Waals surface area contributed by atoms with Crippen molar-refractivity contribution in [2.75, 3.05) is 13.1 Å². The third-order valence-corrected chi connectivity index (χ3v) is 2.81. The Kier molecular flexibility index (Phi) is 2.54. The first-order chi connectivity index (χ1) is 6.76. The molecule has 0 bridgehead atoms. The predicted molar refractivity (Wildman–Crippen MR) is 52.8 cm³/mol. The molecule has 78 valence electrons. The summed E-state index contributed by atoms with van der Waals surface area (Å²) in [4.78, 5) is 0. The second-order valence-corrected chi connectivity index (χ2v) is 3.78. The molecule has 2 rings (SSSR count). The van der Waals surface area contributed by atoms with Crippen LogP contribution in [0.2, 0.25) is 0 Å². The number of halogens is 1. The molecule has 1 aromatic heterocycles. The van der Waals surface area contributed by atoms with Gasteiger partial charge in [0.25, 0.3) is 0 Å². The summed E-state index contributed by atoms with van der Waals surface area (Å²) < 4.78 is 16.2. The average molecular weight is 197 g/mol. The molecule has 14 heavy (non-hydrogen) atoms. The van der Waals surface area contributed by atoms with Gasteiger partial charge in [-0.15, -0.1) is 0 Å². The molecular formula is C10H16FN3. The summed E-state index contributed by atoms with van der Waals surface area (Å²) in [5.41, 5.74) is -0.502. The number of hydrogen-bond donors (Lipinski definition) is 1. The molecule has 0 radical (unpaired) electrons. The topological polar surface area (TPSA) is 29.9 Å². The average Bonchev–Trinajstić information content (AvgIpc) is 2.67. The molecule has 1 unspecified atom stereocenters. The maximum atomic E-state index is 14.5. The molecule has 1 fully saturated rings. The van der Waals surface area contributed by atoms with Gasteiger partial charge in [0.15, 0.2) is 5.67 Å². The highest BCUT2D eigenvalue weighted by molar-refractivity contribution is 5.14. The number of hydrogen-bond acceptors (Lipinski definition) is 2. The van der Waals surface area contributed by atoms with Crippen molar-refractivity contribution in [1.82, 2.24) is 15.1 Å². The highest BCUT2D eigenvalue weighted by Crippen LogP contribution is 2.32. The third-order valence-electron chi connectivity index (χ3n) is 2.81. The molecule has 0 saturated carbocycles. The van der Waals surface area contributed by atoms with Crippen molar-refractivity contribution < 1.29 is 4.39 Å². The molecule has 3 nitrogen and oxygen atoms in total. The second-order valence-electron chi connectivity index (χ2n) is 3.78. The zero-order chi connectivity index (χ0) is 10.0. The molecule has 1 aliphatic rings. The number of rotatable bonds is 2. The van der Waals surface area contributed by atoms with Gasteiger partial charge in [-0.25, -0.2) is 4.39 Å². The molecule has 4 heteroatoms. The first-order valence-electron chi connectivity index (χ1n) is 5.18. The summed E-state index contributed by atoms with van der Waals surface area (Å²) in [6, 6.07) is 1.79.